The van der Waals surface area contributed by atoms with Gasteiger partial charge >= 0.3 is 0 Å². The van der Waals surface area contributed by atoms with Crippen LogP contribution in [-0.2, 0) is 12.8 Å². The van der Waals surface area contributed by atoms with Crippen LogP contribution in [0.15, 0.2) is 42.5 Å². The van der Waals surface area contributed by atoms with E-state index >= 15 is 0 Å². The maximum atomic E-state index is 13.0. The van der Waals surface area contributed by atoms with Gasteiger partial charge in [-0.2, -0.15) is 0 Å². The molecule has 0 aliphatic carbocycles. The lowest BCUT2D eigenvalue weighted by Crippen LogP contribution is -2.28. The van der Waals surface area contributed by atoms with E-state index in [4.69, 9.17) is 4.74 Å². The smallest absolute Gasteiger partial charge is 0.162 e. The van der Waals surface area contributed by atoms with Crippen molar-refractivity contribution in [1.82, 2.24) is 9.88 Å². The summed E-state index contributed by atoms with van der Waals surface area (Å²) in [7, 11) is 1.69. The predicted molar refractivity (Wildman–Crippen MR) is 109 cm³/mol. The second-order valence-corrected chi connectivity index (χ2v) is 7.37. The molecule has 0 unspecified atom stereocenters. The molecule has 0 fully saturated rings. The van der Waals surface area contributed by atoms with Crippen LogP contribution in [0, 0.1) is 5.82 Å². The molecule has 146 valence electrons. The molecule has 0 saturated heterocycles. The van der Waals surface area contributed by atoms with Gasteiger partial charge < -0.3 is 14.6 Å². The molecule has 1 aliphatic heterocycles. The minimum atomic E-state index is -0.310. The van der Waals surface area contributed by atoms with Crippen LogP contribution >= 0.6 is 0 Å². The number of fused-ring (bicyclic) bond motifs is 3. The molecule has 4 nitrogen and oxygen atoms in total. The van der Waals surface area contributed by atoms with Crippen molar-refractivity contribution in [2.75, 3.05) is 26.7 Å². The molecule has 1 aromatic heterocycles. The second kappa shape index (κ2) is 8.15. The molecule has 2 heterocycles. The minimum Gasteiger partial charge on any atom is -0.497 e. The largest absolute Gasteiger partial charge is 0.497 e. The standard InChI is InChI=1S/C23H25FN2O2/c1-28-18-8-9-19-20-10-13-26(14-11-21(20)25-22(19)15-18)12-2-3-23(27)16-4-6-17(24)7-5-16/h4-9,15,25H,2-3,10-14H2,1H3. The van der Waals surface area contributed by atoms with Gasteiger partial charge in [0.1, 0.15) is 11.6 Å². The summed E-state index contributed by atoms with van der Waals surface area (Å²) in [6.07, 6.45) is 3.31. The molecule has 5 heteroatoms. The van der Waals surface area contributed by atoms with Crippen LogP contribution in [0.4, 0.5) is 4.39 Å². The van der Waals surface area contributed by atoms with Crippen LogP contribution in [0.3, 0.4) is 0 Å². The monoisotopic (exact) mass is 380 g/mol. The van der Waals surface area contributed by atoms with Gasteiger partial charge in [0.2, 0.25) is 0 Å². The Morgan fingerprint density at radius 1 is 1.14 bits per heavy atom. The number of halogens is 1. The number of ether oxygens (including phenoxy) is 1. The third-order valence-electron chi connectivity index (χ3n) is 5.60. The fourth-order valence-corrected chi connectivity index (χ4v) is 4.03. The van der Waals surface area contributed by atoms with E-state index in [0.717, 1.165) is 50.2 Å². The van der Waals surface area contributed by atoms with E-state index < -0.39 is 0 Å². The average molecular weight is 380 g/mol. The van der Waals surface area contributed by atoms with Crippen LogP contribution in [0.25, 0.3) is 10.9 Å². The SMILES string of the molecule is COc1ccc2c3c([nH]c2c1)CCN(CCCC(=O)c1ccc(F)cc1)CC3. The van der Waals surface area contributed by atoms with Crippen LogP contribution < -0.4 is 4.74 Å². The van der Waals surface area contributed by atoms with Gasteiger partial charge in [-0.25, -0.2) is 4.39 Å². The molecule has 3 aromatic rings. The summed E-state index contributed by atoms with van der Waals surface area (Å²) in [5, 5.41) is 1.28. The van der Waals surface area contributed by atoms with E-state index in [2.05, 4.69) is 22.0 Å². The second-order valence-electron chi connectivity index (χ2n) is 7.37. The summed E-state index contributed by atoms with van der Waals surface area (Å²) >= 11 is 0. The summed E-state index contributed by atoms with van der Waals surface area (Å²) in [5.41, 5.74) is 4.45. The third kappa shape index (κ3) is 3.94. The number of aromatic amines is 1. The molecule has 2 aromatic carbocycles. The maximum Gasteiger partial charge on any atom is 0.162 e. The number of carbonyl (C=O) groups excluding carboxylic acids is 1. The number of aromatic nitrogens is 1. The zero-order valence-corrected chi connectivity index (χ0v) is 16.1. The van der Waals surface area contributed by atoms with Gasteiger partial charge in [-0.05, 0) is 61.3 Å². The number of benzene rings is 2. The van der Waals surface area contributed by atoms with E-state index in [1.54, 1.807) is 19.2 Å². The van der Waals surface area contributed by atoms with E-state index in [-0.39, 0.29) is 11.6 Å². The molecular formula is C23H25FN2O2. The van der Waals surface area contributed by atoms with Crippen LogP contribution in [-0.4, -0.2) is 42.4 Å². The Morgan fingerprint density at radius 2 is 1.93 bits per heavy atom. The predicted octanol–water partition coefficient (Wildman–Crippen LogP) is 4.38. The average Bonchev–Trinajstić information content (AvgIpc) is 2.94. The number of H-pyrrole nitrogens is 1. The number of carbonyl (C=O) groups is 1. The Hall–Kier alpha value is -2.66. The lowest BCUT2D eigenvalue weighted by molar-refractivity contribution is 0.0975. The number of hydrogen-bond acceptors (Lipinski definition) is 3. The summed E-state index contributed by atoms with van der Waals surface area (Å²) in [5.74, 6) is 0.645. The normalized spacial score (nSPS) is 14.6. The highest BCUT2D eigenvalue weighted by atomic mass is 19.1. The van der Waals surface area contributed by atoms with Gasteiger partial charge in [0.05, 0.1) is 7.11 Å². The van der Waals surface area contributed by atoms with Crippen molar-refractivity contribution in [3.05, 3.63) is 65.1 Å². The fraction of sp³-hybridized carbons (Fsp3) is 0.348. The number of hydrogen-bond donors (Lipinski definition) is 1. The highest BCUT2D eigenvalue weighted by molar-refractivity contribution is 5.96. The number of methoxy groups -OCH3 is 1. The first-order valence-corrected chi connectivity index (χ1v) is 9.82. The maximum absolute atomic E-state index is 13.0. The van der Waals surface area contributed by atoms with Gasteiger partial charge in [0, 0.05) is 54.2 Å². The van der Waals surface area contributed by atoms with Gasteiger partial charge in [0.25, 0.3) is 0 Å². The number of rotatable bonds is 6. The molecule has 4 rings (SSSR count). The number of ketones is 1. The Morgan fingerprint density at radius 3 is 2.71 bits per heavy atom. The van der Waals surface area contributed by atoms with E-state index in [1.165, 1.54) is 28.8 Å². The van der Waals surface area contributed by atoms with Gasteiger partial charge in [-0.15, -0.1) is 0 Å². The summed E-state index contributed by atoms with van der Waals surface area (Å²) in [6.45, 7) is 2.89. The summed E-state index contributed by atoms with van der Waals surface area (Å²) in [4.78, 5) is 18.2. The number of Topliss-reactive ketones (excluding diaryl/α,β-unsaturated/α-hetero) is 1. The molecular weight excluding hydrogens is 355 g/mol. The first kappa shape index (κ1) is 18.7. The lowest BCUT2D eigenvalue weighted by Gasteiger charge is -2.19. The van der Waals surface area contributed by atoms with Gasteiger partial charge in [-0.1, -0.05) is 0 Å². The molecule has 28 heavy (non-hydrogen) atoms. The van der Waals surface area contributed by atoms with E-state index in [9.17, 15) is 9.18 Å². The quantitative estimate of drug-likeness (QED) is 0.646. The Bertz CT molecular complexity index is 978. The topological polar surface area (TPSA) is 45.3 Å². The van der Waals surface area contributed by atoms with E-state index in [0.29, 0.717) is 12.0 Å². The van der Waals surface area contributed by atoms with Gasteiger partial charge in [0.15, 0.2) is 5.78 Å². The Balaban J connectivity index is 1.33. The minimum absolute atomic E-state index is 0.0833. The van der Waals surface area contributed by atoms with Crippen molar-refractivity contribution in [3.8, 4) is 5.75 Å². The van der Waals surface area contributed by atoms with Crippen molar-refractivity contribution in [2.45, 2.75) is 25.7 Å². The lowest BCUT2D eigenvalue weighted by atomic mass is 10.1. The first-order valence-electron chi connectivity index (χ1n) is 9.82. The van der Waals surface area contributed by atoms with Crippen LogP contribution in [0.5, 0.6) is 5.75 Å². The van der Waals surface area contributed by atoms with Crippen molar-refractivity contribution in [2.24, 2.45) is 0 Å². The number of nitrogens with zero attached hydrogens (tertiary/aromatic N) is 1. The molecule has 0 saturated carbocycles. The van der Waals surface area contributed by atoms with Crippen molar-refractivity contribution < 1.29 is 13.9 Å². The zero-order valence-electron chi connectivity index (χ0n) is 16.1. The molecule has 0 amide bonds. The highest BCUT2D eigenvalue weighted by Gasteiger charge is 2.18. The number of nitrogens with one attached hydrogen (secondary N) is 1. The Labute approximate surface area is 164 Å². The van der Waals surface area contributed by atoms with Crippen LogP contribution in [0.2, 0.25) is 0 Å². The molecule has 1 N–H and O–H groups in total. The molecule has 0 atom stereocenters. The van der Waals surface area contributed by atoms with Crippen molar-refractivity contribution in [3.63, 3.8) is 0 Å². The Kier molecular flexibility index (Phi) is 5.44. The molecule has 1 aliphatic rings. The zero-order chi connectivity index (χ0) is 19.5. The van der Waals surface area contributed by atoms with Gasteiger partial charge in [-0.3, -0.25) is 4.79 Å². The first-order chi connectivity index (χ1) is 13.6. The summed E-state index contributed by atoms with van der Waals surface area (Å²) in [6, 6.07) is 12.0. The van der Waals surface area contributed by atoms with E-state index in [1.807, 2.05) is 6.07 Å². The third-order valence-corrected chi connectivity index (χ3v) is 5.60. The molecule has 0 radical (unpaired) electrons. The highest BCUT2D eigenvalue weighted by Crippen LogP contribution is 2.28. The summed E-state index contributed by atoms with van der Waals surface area (Å²) < 4.78 is 18.3. The van der Waals surface area contributed by atoms with Crippen molar-refractivity contribution >= 4 is 16.7 Å². The molecule has 0 spiro atoms. The molecule has 0 bridgehead atoms. The van der Waals surface area contributed by atoms with Crippen molar-refractivity contribution in [1.29, 1.82) is 0 Å². The van der Waals surface area contributed by atoms with Crippen LogP contribution in [0.1, 0.15) is 34.5 Å². The fourth-order valence-electron chi connectivity index (χ4n) is 4.03.